The van der Waals surface area contributed by atoms with Gasteiger partial charge in [0.25, 0.3) is 0 Å². The van der Waals surface area contributed by atoms with E-state index in [4.69, 9.17) is 0 Å². The fourth-order valence-electron chi connectivity index (χ4n) is 3.75. The summed E-state index contributed by atoms with van der Waals surface area (Å²) >= 11 is 1.75. The third kappa shape index (κ3) is 2.91. The summed E-state index contributed by atoms with van der Waals surface area (Å²) in [6.45, 7) is 2.16. The zero-order valence-electron chi connectivity index (χ0n) is 12.3. The quantitative estimate of drug-likeness (QED) is 0.852. The molecule has 1 aromatic heterocycles. The number of carbonyl (C=O) groups excluding carboxylic acids is 1. The first-order chi connectivity index (χ1) is 9.75. The van der Waals surface area contributed by atoms with E-state index in [0.29, 0.717) is 24.4 Å². The molecule has 0 aliphatic carbocycles. The number of amides is 1. The minimum absolute atomic E-state index is 0.362. The van der Waals surface area contributed by atoms with Crippen molar-refractivity contribution in [1.82, 2.24) is 9.80 Å². The Bertz CT molecular complexity index is 445. The van der Waals surface area contributed by atoms with E-state index in [9.17, 15) is 4.79 Å². The van der Waals surface area contributed by atoms with Crippen LogP contribution in [0.2, 0.25) is 0 Å². The van der Waals surface area contributed by atoms with Crippen molar-refractivity contribution < 1.29 is 4.79 Å². The highest BCUT2D eigenvalue weighted by molar-refractivity contribution is 7.09. The first kappa shape index (κ1) is 14.1. The van der Waals surface area contributed by atoms with Crippen molar-refractivity contribution in [1.29, 1.82) is 0 Å². The largest absolute Gasteiger partial charge is 0.338 e. The van der Waals surface area contributed by atoms with Crippen LogP contribution in [0, 0.1) is 0 Å². The van der Waals surface area contributed by atoms with Gasteiger partial charge in [-0.1, -0.05) is 6.07 Å². The minimum atomic E-state index is 0.362. The summed E-state index contributed by atoms with van der Waals surface area (Å²) in [5.74, 6) is 0.362. The molecule has 20 heavy (non-hydrogen) atoms. The maximum absolute atomic E-state index is 12.5. The van der Waals surface area contributed by atoms with Crippen LogP contribution in [0.25, 0.3) is 0 Å². The van der Waals surface area contributed by atoms with Gasteiger partial charge in [-0.15, -0.1) is 11.3 Å². The smallest absolute Gasteiger partial charge is 0.223 e. The van der Waals surface area contributed by atoms with Crippen LogP contribution in [0.15, 0.2) is 17.5 Å². The summed E-state index contributed by atoms with van der Waals surface area (Å²) in [6.07, 6.45) is 6.50. The molecule has 0 spiro atoms. The van der Waals surface area contributed by atoms with Crippen molar-refractivity contribution in [3.63, 3.8) is 0 Å². The van der Waals surface area contributed by atoms with Gasteiger partial charge < -0.3 is 9.80 Å². The number of carbonyl (C=O) groups is 1. The predicted molar refractivity (Wildman–Crippen MR) is 83.0 cm³/mol. The van der Waals surface area contributed by atoms with Crippen LogP contribution in [0.3, 0.4) is 0 Å². The summed E-state index contributed by atoms with van der Waals surface area (Å²) in [5, 5.41) is 2.09. The summed E-state index contributed by atoms with van der Waals surface area (Å²) in [5.41, 5.74) is 0. The molecule has 2 atom stereocenters. The molecular formula is C16H24N2OS. The first-order valence-electron chi connectivity index (χ1n) is 7.78. The van der Waals surface area contributed by atoms with E-state index in [2.05, 4.69) is 34.4 Å². The number of nitrogens with zero attached hydrogens (tertiary/aromatic N) is 2. The average Bonchev–Trinajstić information content (AvgIpc) is 3.16. The Labute approximate surface area is 125 Å². The van der Waals surface area contributed by atoms with Gasteiger partial charge in [0.15, 0.2) is 0 Å². The van der Waals surface area contributed by atoms with Crippen LogP contribution >= 0.6 is 11.3 Å². The molecule has 2 fully saturated rings. The lowest BCUT2D eigenvalue weighted by Crippen LogP contribution is -2.47. The molecule has 110 valence electrons. The lowest BCUT2D eigenvalue weighted by molar-refractivity contribution is -0.132. The van der Waals surface area contributed by atoms with Crippen LogP contribution < -0.4 is 0 Å². The summed E-state index contributed by atoms with van der Waals surface area (Å²) in [4.78, 5) is 18.5. The summed E-state index contributed by atoms with van der Waals surface area (Å²) < 4.78 is 0. The molecule has 2 saturated heterocycles. The van der Waals surface area contributed by atoms with Gasteiger partial charge in [-0.05, 0) is 57.1 Å². The minimum Gasteiger partial charge on any atom is -0.338 e. The highest BCUT2D eigenvalue weighted by atomic mass is 32.1. The lowest BCUT2D eigenvalue weighted by Gasteiger charge is -2.33. The van der Waals surface area contributed by atoms with E-state index in [-0.39, 0.29) is 0 Å². The molecule has 0 radical (unpaired) electrons. The van der Waals surface area contributed by atoms with Gasteiger partial charge >= 0.3 is 0 Å². The number of likely N-dealkylation sites (tertiary alicyclic amines) is 2. The molecule has 0 N–H and O–H groups in total. The van der Waals surface area contributed by atoms with Crippen molar-refractivity contribution in [3.05, 3.63) is 22.4 Å². The topological polar surface area (TPSA) is 23.6 Å². The monoisotopic (exact) mass is 292 g/mol. The van der Waals surface area contributed by atoms with Gasteiger partial charge in [0.2, 0.25) is 5.91 Å². The number of rotatable bonds is 4. The Morgan fingerprint density at radius 1 is 1.30 bits per heavy atom. The van der Waals surface area contributed by atoms with Crippen molar-refractivity contribution in [2.45, 2.75) is 50.6 Å². The molecular weight excluding hydrogens is 268 g/mol. The summed E-state index contributed by atoms with van der Waals surface area (Å²) in [7, 11) is 2.21. The van der Waals surface area contributed by atoms with E-state index in [1.54, 1.807) is 11.3 Å². The van der Waals surface area contributed by atoms with E-state index < -0.39 is 0 Å². The Kier molecular flexibility index (Phi) is 4.41. The molecule has 3 heterocycles. The van der Waals surface area contributed by atoms with Crippen molar-refractivity contribution in [2.75, 3.05) is 20.1 Å². The predicted octanol–water partition coefficient (Wildman–Crippen LogP) is 2.77. The third-order valence-electron chi connectivity index (χ3n) is 4.81. The Balaban J connectivity index is 1.58. The van der Waals surface area contributed by atoms with E-state index in [0.717, 1.165) is 13.0 Å². The Morgan fingerprint density at radius 3 is 2.80 bits per heavy atom. The molecule has 0 bridgehead atoms. The first-order valence-corrected chi connectivity index (χ1v) is 8.66. The molecule has 3 rings (SSSR count). The van der Waals surface area contributed by atoms with Crippen molar-refractivity contribution in [2.24, 2.45) is 0 Å². The Hall–Kier alpha value is -0.870. The maximum atomic E-state index is 12.5. The second-order valence-electron chi connectivity index (χ2n) is 6.07. The van der Waals surface area contributed by atoms with Crippen LogP contribution in [0.4, 0.5) is 0 Å². The molecule has 4 heteroatoms. The second-order valence-corrected chi connectivity index (χ2v) is 7.10. The van der Waals surface area contributed by atoms with Gasteiger partial charge in [0.05, 0.1) is 0 Å². The van der Waals surface area contributed by atoms with Crippen LogP contribution in [0.1, 0.15) is 37.0 Å². The molecule has 1 aromatic rings. The van der Waals surface area contributed by atoms with Crippen LogP contribution in [0.5, 0.6) is 0 Å². The van der Waals surface area contributed by atoms with E-state index in [1.807, 2.05) is 0 Å². The van der Waals surface area contributed by atoms with Gasteiger partial charge in [0, 0.05) is 29.9 Å². The molecule has 0 unspecified atom stereocenters. The average molecular weight is 292 g/mol. The second kappa shape index (κ2) is 6.27. The molecule has 2 aliphatic heterocycles. The van der Waals surface area contributed by atoms with Crippen molar-refractivity contribution >= 4 is 17.2 Å². The number of hydrogen-bond donors (Lipinski definition) is 0. The fourth-order valence-corrected chi connectivity index (χ4v) is 4.46. The number of likely N-dealkylation sites (N-methyl/N-ethyl adjacent to an activating group) is 1. The molecule has 3 nitrogen and oxygen atoms in total. The van der Waals surface area contributed by atoms with Gasteiger partial charge in [-0.25, -0.2) is 0 Å². The lowest BCUT2D eigenvalue weighted by atomic mass is 10.0. The maximum Gasteiger partial charge on any atom is 0.223 e. The van der Waals surface area contributed by atoms with Gasteiger partial charge in [-0.3, -0.25) is 4.79 Å². The Morgan fingerprint density at radius 2 is 2.10 bits per heavy atom. The van der Waals surface area contributed by atoms with Crippen LogP contribution in [-0.4, -0.2) is 47.9 Å². The van der Waals surface area contributed by atoms with Crippen LogP contribution in [-0.2, 0) is 11.2 Å². The SMILES string of the molecule is CN1CCC[C@@H]1[C@H]1CCCN1C(=O)CCc1cccs1. The molecule has 0 aromatic carbocycles. The number of hydrogen-bond acceptors (Lipinski definition) is 3. The highest BCUT2D eigenvalue weighted by Gasteiger charge is 2.37. The normalized spacial score (nSPS) is 27.4. The fraction of sp³-hybridized carbons (Fsp3) is 0.688. The van der Waals surface area contributed by atoms with Gasteiger partial charge in [0.1, 0.15) is 0 Å². The standard InChI is InChI=1S/C16H24N2OS/c1-17-10-2-6-14(17)15-7-3-11-18(15)16(19)9-8-13-5-4-12-20-13/h4-5,12,14-15H,2-3,6-11H2,1H3/t14-,15-/m1/s1. The molecule has 2 aliphatic rings. The number of thiophene rings is 1. The zero-order valence-corrected chi connectivity index (χ0v) is 13.1. The molecule has 1 amide bonds. The van der Waals surface area contributed by atoms with E-state index >= 15 is 0 Å². The van der Waals surface area contributed by atoms with E-state index in [1.165, 1.54) is 37.1 Å². The number of aryl methyl sites for hydroxylation is 1. The molecule has 0 saturated carbocycles. The highest BCUT2D eigenvalue weighted by Crippen LogP contribution is 2.29. The zero-order chi connectivity index (χ0) is 13.9. The third-order valence-corrected chi connectivity index (χ3v) is 5.74. The van der Waals surface area contributed by atoms with Gasteiger partial charge in [-0.2, -0.15) is 0 Å². The summed E-state index contributed by atoms with van der Waals surface area (Å²) in [6, 6.07) is 5.27. The van der Waals surface area contributed by atoms with Crippen molar-refractivity contribution in [3.8, 4) is 0 Å².